The van der Waals surface area contributed by atoms with Crippen LogP contribution in [0.4, 0.5) is 0 Å². The van der Waals surface area contributed by atoms with Gasteiger partial charge in [-0.05, 0) is 48.1 Å². The summed E-state index contributed by atoms with van der Waals surface area (Å²) in [6.07, 6.45) is 0. The van der Waals surface area contributed by atoms with Crippen molar-refractivity contribution < 1.29 is 4.74 Å². The van der Waals surface area contributed by atoms with Crippen molar-refractivity contribution in [1.82, 2.24) is 0 Å². The van der Waals surface area contributed by atoms with Gasteiger partial charge in [-0.2, -0.15) is 10.5 Å². The lowest BCUT2D eigenvalue weighted by atomic mass is 10.2. The molecule has 0 saturated carbocycles. The maximum absolute atomic E-state index is 8.61. The van der Waals surface area contributed by atoms with E-state index in [-0.39, 0.29) is 5.44 Å². The van der Waals surface area contributed by atoms with Gasteiger partial charge >= 0.3 is 0 Å². The van der Waals surface area contributed by atoms with E-state index < -0.39 is 0 Å². The Bertz CT molecular complexity index is 423. The molecule has 16 heavy (non-hydrogen) atoms. The lowest BCUT2D eigenvalue weighted by Gasteiger charge is -2.13. The van der Waals surface area contributed by atoms with Gasteiger partial charge in [-0.15, -0.1) is 0 Å². The minimum absolute atomic E-state index is 0.309. The number of thiocyanates is 2. The van der Waals surface area contributed by atoms with Crippen LogP contribution in [0, 0.1) is 28.3 Å². The first kappa shape index (κ1) is 12.8. The second kappa shape index (κ2) is 7.05. The lowest BCUT2D eigenvalue weighted by Crippen LogP contribution is -2.14. The van der Waals surface area contributed by atoms with Crippen LogP contribution in [0.3, 0.4) is 0 Å². The smallest absolute Gasteiger partial charge is 0.168 e. The maximum atomic E-state index is 8.61. The molecule has 0 fully saturated rings. The van der Waals surface area contributed by atoms with E-state index in [1.54, 1.807) is 0 Å². The van der Waals surface area contributed by atoms with Gasteiger partial charge in [-0.25, -0.2) is 0 Å². The van der Waals surface area contributed by atoms with Gasteiger partial charge in [0.2, 0.25) is 0 Å². The normalized spacial score (nSPS) is 11.2. The monoisotopic (exact) mass is 250 g/mol. The summed E-state index contributed by atoms with van der Waals surface area (Å²) < 4.78 is 5.61. The number of hydrogen-bond donors (Lipinski definition) is 0. The second-order valence-electron chi connectivity index (χ2n) is 2.98. The standard InChI is InChI=1S/C11H10N2OS2/c1-9-3-2-4-10(5-9)14-11(16-8-13)6-15-7-12/h2-5,11H,6H2,1H3. The van der Waals surface area contributed by atoms with Crippen molar-refractivity contribution in [2.24, 2.45) is 0 Å². The fourth-order valence-electron chi connectivity index (χ4n) is 1.10. The molecular formula is C11H10N2OS2. The molecule has 0 spiro atoms. The highest BCUT2D eigenvalue weighted by Gasteiger charge is 2.11. The number of aryl methyl sites for hydroxylation is 1. The molecule has 1 aromatic carbocycles. The summed E-state index contributed by atoms with van der Waals surface area (Å²) in [4.78, 5) is 0. The fraction of sp³-hybridized carbons (Fsp3) is 0.273. The minimum atomic E-state index is -0.309. The van der Waals surface area contributed by atoms with Crippen molar-refractivity contribution in [3.05, 3.63) is 29.8 Å². The van der Waals surface area contributed by atoms with E-state index in [2.05, 4.69) is 0 Å². The zero-order valence-corrected chi connectivity index (χ0v) is 10.3. The van der Waals surface area contributed by atoms with Gasteiger partial charge in [0, 0.05) is 0 Å². The molecule has 1 aromatic rings. The molecule has 1 unspecified atom stereocenters. The average Bonchev–Trinajstić information content (AvgIpc) is 2.26. The Labute approximate surface area is 103 Å². The molecular weight excluding hydrogens is 240 g/mol. The van der Waals surface area contributed by atoms with Crippen LogP contribution in [0.2, 0.25) is 0 Å². The van der Waals surface area contributed by atoms with E-state index in [0.717, 1.165) is 34.8 Å². The van der Waals surface area contributed by atoms with Gasteiger partial charge < -0.3 is 4.74 Å². The highest BCUT2D eigenvalue weighted by atomic mass is 32.2. The highest BCUT2D eigenvalue weighted by Crippen LogP contribution is 2.21. The third-order valence-electron chi connectivity index (χ3n) is 1.73. The van der Waals surface area contributed by atoms with E-state index in [0.29, 0.717) is 5.75 Å². The zero-order valence-electron chi connectivity index (χ0n) is 8.71. The molecule has 3 nitrogen and oxygen atoms in total. The molecule has 1 rings (SSSR count). The predicted molar refractivity (Wildman–Crippen MR) is 66.9 cm³/mol. The van der Waals surface area contributed by atoms with Gasteiger partial charge in [0.25, 0.3) is 0 Å². The van der Waals surface area contributed by atoms with E-state index in [1.165, 1.54) is 0 Å². The fourth-order valence-corrected chi connectivity index (χ4v) is 2.13. The Kier molecular flexibility index (Phi) is 5.63. The molecule has 0 N–H and O–H groups in total. The van der Waals surface area contributed by atoms with Crippen molar-refractivity contribution in [3.8, 4) is 16.6 Å². The van der Waals surface area contributed by atoms with Crippen LogP contribution >= 0.6 is 23.5 Å². The number of ether oxygens (including phenoxy) is 1. The van der Waals surface area contributed by atoms with Gasteiger partial charge in [-0.3, -0.25) is 0 Å². The third-order valence-corrected chi connectivity index (χ3v) is 3.17. The maximum Gasteiger partial charge on any atom is 0.168 e. The van der Waals surface area contributed by atoms with Crippen LogP contribution in [0.5, 0.6) is 5.75 Å². The summed E-state index contributed by atoms with van der Waals surface area (Å²) in [6, 6.07) is 7.62. The first-order chi connectivity index (χ1) is 7.76. The number of rotatable bonds is 5. The van der Waals surface area contributed by atoms with Crippen molar-refractivity contribution in [2.75, 3.05) is 5.75 Å². The van der Waals surface area contributed by atoms with Crippen molar-refractivity contribution in [2.45, 2.75) is 12.4 Å². The van der Waals surface area contributed by atoms with Crippen LogP contribution in [-0.2, 0) is 0 Å². The molecule has 0 aliphatic rings. The molecule has 0 aromatic heterocycles. The molecule has 82 valence electrons. The van der Waals surface area contributed by atoms with Crippen LogP contribution in [0.1, 0.15) is 5.56 Å². The quantitative estimate of drug-likeness (QED) is 0.593. The molecule has 0 bridgehead atoms. The summed E-state index contributed by atoms with van der Waals surface area (Å²) in [7, 11) is 0. The topological polar surface area (TPSA) is 56.8 Å². The first-order valence-electron chi connectivity index (χ1n) is 4.55. The largest absolute Gasteiger partial charge is 0.478 e. The molecule has 0 radical (unpaired) electrons. The molecule has 0 aliphatic heterocycles. The summed E-state index contributed by atoms with van der Waals surface area (Å²) in [5.74, 6) is 1.20. The predicted octanol–water partition coefficient (Wildman–Crippen LogP) is 3.13. The van der Waals surface area contributed by atoms with Crippen molar-refractivity contribution in [3.63, 3.8) is 0 Å². The summed E-state index contributed by atoms with van der Waals surface area (Å²) in [6.45, 7) is 1.98. The van der Waals surface area contributed by atoms with Crippen LogP contribution < -0.4 is 4.74 Å². The Hall–Kier alpha value is -1.30. The third kappa shape index (κ3) is 4.48. The molecule has 0 amide bonds. The summed E-state index contributed by atoms with van der Waals surface area (Å²) >= 11 is 2.12. The Morgan fingerprint density at radius 2 is 2.19 bits per heavy atom. The molecule has 1 atom stereocenters. The number of nitriles is 2. The number of thioether (sulfide) groups is 2. The molecule has 0 aliphatic carbocycles. The SMILES string of the molecule is Cc1cccc(OC(CSC#N)SC#N)c1. The zero-order chi connectivity index (χ0) is 11.8. The van der Waals surface area contributed by atoms with Crippen molar-refractivity contribution >= 4 is 23.5 Å². The van der Waals surface area contributed by atoms with E-state index in [9.17, 15) is 0 Å². The number of benzene rings is 1. The first-order valence-corrected chi connectivity index (χ1v) is 6.41. The molecule has 0 heterocycles. The summed E-state index contributed by atoms with van der Waals surface area (Å²) in [5, 5.41) is 21.0. The number of hydrogen-bond acceptors (Lipinski definition) is 5. The lowest BCUT2D eigenvalue weighted by molar-refractivity contribution is 0.313. The van der Waals surface area contributed by atoms with E-state index >= 15 is 0 Å². The van der Waals surface area contributed by atoms with Crippen LogP contribution in [0.15, 0.2) is 24.3 Å². The molecule has 5 heteroatoms. The average molecular weight is 250 g/mol. The summed E-state index contributed by atoms with van der Waals surface area (Å²) in [5.41, 5.74) is 0.794. The van der Waals surface area contributed by atoms with Crippen LogP contribution in [0.25, 0.3) is 0 Å². The van der Waals surface area contributed by atoms with E-state index in [1.807, 2.05) is 42.0 Å². The minimum Gasteiger partial charge on any atom is -0.478 e. The Morgan fingerprint density at radius 1 is 1.38 bits per heavy atom. The van der Waals surface area contributed by atoms with E-state index in [4.69, 9.17) is 15.3 Å². The molecule has 0 saturated heterocycles. The van der Waals surface area contributed by atoms with Gasteiger partial charge in [0.05, 0.1) is 5.75 Å². The van der Waals surface area contributed by atoms with Crippen molar-refractivity contribution in [1.29, 1.82) is 10.5 Å². The number of nitrogens with zero attached hydrogens (tertiary/aromatic N) is 2. The Morgan fingerprint density at radius 3 is 2.81 bits per heavy atom. The van der Waals surface area contributed by atoms with Gasteiger partial charge in [-0.1, -0.05) is 12.1 Å². The van der Waals surface area contributed by atoms with Crippen LogP contribution in [-0.4, -0.2) is 11.2 Å². The highest BCUT2D eigenvalue weighted by molar-refractivity contribution is 8.07. The second-order valence-corrected chi connectivity index (χ2v) is 4.72. The van der Waals surface area contributed by atoms with Gasteiger partial charge in [0.1, 0.15) is 16.6 Å². The van der Waals surface area contributed by atoms with Gasteiger partial charge in [0.15, 0.2) is 5.44 Å². The Balaban J connectivity index is 2.61.